The Bertz CT molecular complexity index is 864. The van der Waals surface area contributed by atoms with Gasteiger partial charge in [0.2, 0.25) is 0 Å². The second kappa shape index (κ2) is 9.04. The summed E-state index contributed by atoms with van der Waals surface area (Å²) in [5.74, 6) is -0.421. The molecule has 0 bridgehead atoms. The van der Waals surface area contributed by atoms with Gasteiger partial charge in [-0.2, -0.15) is 5.26 Å². The number of nitrogens with zero attached hydrogens (tertiary/aromatic N) is 1. The molecular weight excluding hydrogens is 332 g/mol. The summed E-state index contributed by atoms with van der Waals surface area (Å²) >= 11 is 0. The maximum atomic E-state index is 12.4. The fraction of sp³-hybridized carbons (Fsp3) is 0.150. The van der Waals surface area contributed by atoms with Gasteiger partial charge in [0.15, 0.2) is 0 Å². The highest BCUT2D eigenvalue weighted by Crippen LogP contribution is 2.21. The van der Waals surface area contributed by atoms with Gasteiger partial charge in [-0.25, -0.2) is 4.79 Å². The monoisotopic (exact) mass is 350 g/mol. The van der Waals surface area contributed by atoms with Gasteiger partial charge in [-0.15, -0.1) is 0 Å². The highest BCUT2D eigenvalue weighted by Gasteiger charge is 2.12. The van der Waals surface area contributed by atoms with E-state index < -0.39 is 11.9 Å². The zero-order chi connectivity index (χ0) is 18.9. The number of amides is 1. The third kappa shape index (κ3) is 4.71. The molecule has 0 radical (unpaired) electrons. The van der Waals surface area contributed by atoms with Crippen LogP contribution in [0.5, 0.6) is 5.75 Å². The minimum absolute atomic E-state index is 0.0609. The molecule has 0 heterocycles. The molecule has 2 aromatic carbocycles. The maximum absolute atomic E-state index is 12.4. The molecule has 2 rings (SSSR count). The number of anilines is 1. The number of nitrogens with one attached hydrogen (secondary N) is 1. The van der Waals surface area contributed by atoms with Gasteiger partial charge in [-0.3, -0.25) is 4.79 Å². The van der Waals surface area contributed by atoms with Gasteiger partial charge in [-0.05, 0) is 43.3 Å². The van der Waals surface area contributed by atoms with Crippen LogP contribution in [0.25, 0.3) is 6.08 Å². The number of rotatable bonds is 6. The Morgan fingerprint density at radius 3 is 2.46 bits per heavy atom. The molecule has 0 saturated carbocycles. The second-order valence-electron chi connectivity index (χ2n) is 5.16. The van der Waals surface area contributed by atoms with E-state index in [0.717, 1.165) is 0 Å². The fourth-order valence-electron chi connectivity index (χ4n) is 2.20. The van der Waals surface area contributed by atoms with E-state index in [2.05, 4.69) is 10.1 Å². The van der Waals surface area contributed by atoms with Crippen molar-refractivity contribution in [3.05, 3.63) is 65.2 Å². The third-order valence-corrected chi connectivity index (χ3v) is 3.45. The summed E-state index contributed by atoms with van der Waals surface area (Å²) in [6.07, 6.45) is 1.48. The molecule has 2 aromatic rings. The first-order valence-corrected chi connectivity index (χ1v) is 7.92. The Kier molecular flexibility index (Phi) is 6.52. The molecule has 0 aliphatic rings. The summed E-state index contributed by atoms with van der Waals surface area (Å²) in [4.78, 5) is 23.8. The number of carbonyl (C=O) groups is 2. The first-order valence-electron chi connectivity index (χ1n) is 7.92. The van der Waals surface area contributed by atoms with Crippen molar-refractivity contribution >= 4 is 23.6 Å². The van der Waals surface area contributed by atoms with E-state index >= 15 is 0 Å². The van der Waals surface area contributed by atoms with E-state index in [1.165, 1.54) is 25.3 Å². The van der Waals surface area contributed by atoms with Crippen molar-refractivity contribution in [3.8, 4) is 11.8 Å². The Hall–Kier alpha value is -3.59. The first-order chi connectivity index (χ1) is 12.6. The van der Waals surface area contributed by atoms with Crippen LogP contribution in [0.15, 0.2) is 54.1 Å². The van der Waals surface area contributed by atoms with Crippen molar-refractivity contribution in [3.63, 3.8) is 0 Å². The quantitative estimate of drug-likeness (QED) is 0.490. The Labute approximate surface area is 151 Å². The summed E-state index contributed by atoms with van der Waals surface area (Å²) < 4.78 is 10.1. The van der Waals surface area contributed by atoms with E-state index in [-0.39, 0.29) is 5.57 Å². The minimum Gasteiger partial charge on any atom is -0.493 e. The summed E-state index contributed by atoms with van der Waals surface area (Å²) in [5.41, 5.74) is 1.41. The summed E-state index contributed by atoms with van der Waals surface area (Å²) in [7, 11) is 1.29. The van der Waals surface area contributed by atoms with E-state index in [0.29, 0.717) is 29.2 Å². The summed E-state index contributed by atoms with van der Waals surface area (Å²) in [5, 5.41) is 12.0. The van der Waals surface area contributed by atoms with E-state index in [4.69, 9.17) is 4.74 Å². The van der Waals surface area contributed by atoms with Crippen molar-refractivity contribution in [1.82, 2.24) is 0 Å². The van der Waals surface area contributed by atoms with Gasteiger partial charge in [0.25, 0.3) is 5.91 Å². The van der Waals surface area contributed by atoms with Crippen LogP contribution in [0.4, 0.5) is 5.69 Å². The van der Waals surface area contributed by atoms with Crippen LogP contribution >= 0.6 is 0 Å². The van der Waals surface area contributed by atoms with Gasteiger partial charge >= 0.3 is 5.97 Å². The van der Waals surface area contributed by atoms with Crippen molar-refractivity contribution in [2.45, 2.75) is 6.92 Å². The smallest absolute Gasteiger partial charge is 0.337 e. The topological polar surface area (TPSA) is 88.4 Å². The Morgan fingerprint density at radius 2 is 1.85 bits per heavy atom. The molecule has 6 nitrogen and oxygen atoms in total. The molecule has 1 amide bonds. The standard InChI is InChI=1S/C20H18N2O4/c1-3-26-18-7-5-4-6-15(18)12-16(13-21)19(23)22-17-10-8-14(9-11-17)20(24)25-2/h4-12H,3H2,1-2H3,(H,22,23)/b16-12+. The minimum atomic E-state index is -0.551. The van der Waals surface area contributed by atoms with E-state index in [9.17, 15) is 14.9 Å². The number of benzene rings is 2. The lowest BCUT2D eigenvalue weighted by Gasteiger charge is -2.08. The van der Waals surface area contributed by atoms with Crippen LogP contribution < -0.4 is 10.1 Å². The zero-order valence-corrected chi connectivity index (χ0v) is 14.5. The van der Waals surface area contributed by atoms with Crippen LogP contribution in [0.3, 0.4) is 0 Å². The van der Waals surface area contributed by atoms with E-state index in [1.54, 1.807) is 30.3 Å². The SMILES string of the molecule is CCOc1ccccc1/C=C(\C#N)C(=O)Nc1ccc(C(=O)OC)cc1. The number of carbonyl (C=O) groups excluding carboxylic acids is 2. The van der Waals surface area contributed by atoms with Crippen LogP contribution in [0.1, 0.15) is 22.8 Å². The molecule has 0 aliphatic carbocycles. The largest absolute Gasteiger partial charge is 0.493 e. The lowest BCUT2D eigenvalue weighted by atomic mass is 10.1. The number of methoxy groups -OCH3 is 1. The van der Waals surface area contributed by atoms with Crippen LogP contribution in [0.2, 0.25) is 0 Å². The van der Waals surface area contributed by atoms with Crippen molar-refractivity contribution in [2.24, 2.45) is 0 Å². The maximum Gasteiger partial charge on any atom is 0.337 e. The molecule has 26 heavy (non-hydrogen) atoms. The molecule has 132 valence electrons. The molecule has 0 saturated heterocycles. The predicted molar refractivity (Wildman–Crippen MR) is 97.6 cm³/mol. The number of para-hydroxylation sites is 1. The molecule has 1 N–H and O–H groups in total. The van der Waals surface area contributed by atoms with Crippen molar-refractivity contribution in [2.75, 3.05) is 19.0 Å². The molecule has 6 heteroatoms. The molecular formula is C20H18N2O4. The van der Waals surface area contributed by atoms with Gasteiger partial charge in [0, 0.05) is 11.3 Å². The van der Waals surface area contributed by atoms with Crippen LogP contribution in [0, 0.1) is 11.3 Å². The van der Waals surface area contributed by atoms with Gasteiger partial charge in [0.1, 0.15) is 17.4 Å². The molecule has 0 aromatic heterocycles. The first kappa shape index (κ1) is 18.7. The number of nitriles is 1. The number of ether oxygens (including phenoxy) is 2. The highest BCUT2D eigenvalue weighted by atomic mass is 16.5. The molecule has 0 fully saturated rings. The molecule has 0 aliphatic heterocycles. The van der Waals surface area contributed by atoms with Gasteiger partial charge < -0.3 is 14.8 Å². The van der Waals surface area contributed by atoms with Crippen molar-refractivity contribution < 1.29 is 19.1 Å². The van der Waals surface area contributed by atoms with Crippen LogP contribution in [-0.4, -0.2) is 25.6 Å². The molecule has 0 unspecified atom stereocenters. The second-order valence-corrected chi connectivity index (χ2v) is 5.16. The Morgan fingerprint density at radius 1 is 1.15 bits per heavy atom. The lowest BCUT2D eigenvalue weighted by molar-refractivity contribution is -0.112. The number of hydrogen-bond donors (Lipinski definition) is 1. The normalized spacial score (nSPS) is 10.6. The van der Waals surface area contributed by atoms with Gasteiger partial charge in [0.05, 0.1) is 19.3 Å². The fourth-order valence-corrected chi connectivity index (χ4v) is 2.20. The number of hydrogen-bond acceptors (Lipinski definition) is 5. The zero-order valence-electron chi connectivity index (χ0n) is 14.5. The predicted octanol–water partition coefficient (Wildman–Crippen LogP) is 3.42. The highest BCUT2D eigenvalue weighted by molar-refractivity contribution is 6.10. The summed E-state index contributed by atoms with van der Waals surface area (Å²) in [6.45, 7) is 2.34. The third-order valence-electron chi connectivity index (χ3n) is 3.45. The van der Waals surface area contributed by atoms with Crippen molar-refractivity contribution in [1.29, 1.82) is 5.26 Å². The van der Waals surface area contributed by atoms with Gasteiger partial charge in [-0.1, -0.05) is 18.2 Å². The van der Waals surface area contributed by atoms with E-state index in [1.807, 2.05) is 19.1 Å². The molecule has 0 atom stereocenters. The summed E-state index contributed by atoms with van der Waals surface area (Å²) in [6, 6.07) is 15.2. The Balaban J connectivity index is 2.19. The van der Waals surface area contributed by atoms with Crippen LogP contribution in [-0.2, 0) is 9.53 Å². The molecule has 0 spiro atoms. The lowest BCUT2D eigenvalue weighted by Crippen LogP contribution is -2.13. The number of esters is 1. The average molecular weight is 350 g/mol. The average Bonchev–Trinajstić information content (AvgIpc) is 2.67.